The summed E-state index contributed by atoms with van der Waals surface area (Å²) in [7, 11) is 1.50. The Labute approximate surface area is 288 Å². The van der Waals surface area contributed by atoms with Crippen molar-refractivity contribution in [2.24, 2.45) is 0 Å². The van der Waals surface area contributed by atoms with E-state index in [1.807, 2.05) is 42.5 Å². The highest BCUT2D eigenvalue weighted by Crippen LogP contribution is 2.38. The minimum absolute atomic E-state index is 0.186. The van der Waals surface area contributed by atoms with E-state index in [9.17, 15) is 14.4 Å². The standard InChI is InChI=1S/C36H25BrCl2N2O6/c1-45-32-17-21(16-30(37)33(32)47-19-23-7-4-6-22-5-2-3-8-28(22)23)15-29-34(42)40-36(44)41(35(29)43)26-11-13-27(14-12-26)46-20-24-9-10-25(38)18-31(24)39/h2-18H,19-20H2,1H3,(H,40,42,44)/b29-15+. The van der Waals surface area contributed by atoms with Crippen LogP contribution in [-0.2, 0) is 22.8 Å². The van der Waals surface area contributed by atoms with Gasteiger partial charge < -0.3 is 14.2 Å². The van der Waals surface area contributed by atoms with Crippen molar-refractivity contribution in [3.05, 3.63) is 134 Å². The molecule has 5 aromatic carbocycles. The minimum Gasteiger partial charge on any atom is -0.493 e. The highest BCUT2D eigenvalue weighted by atomic mass is 79.9. The molecule has 1 aliphatic heterocycles. The number of barbiturate groups is 1. The molecule has 47 heavy (non-hydrogen) atoms. The van der Waals surface area contributed by atoms with Crippen molar-refractivity contribution in [2.75, 3.05) is 12.0 Å². The van der Waals surface area contributed by atoms with Crippen LogP contribution in [0.25, 0.3) is 16.8 Å². The summed E-state index contributed by atoms with van der Waals surface area (Å²) in [5.41, 5.74) is 2.23. The summed E-state index contributed by atoms with van der Waals surface area (Å²) < 4.78 is 18.1. The predicted octanol–water partition coefficient (Wildman–Crippen LogP) is 8.74. The van der Waals surface area contributed by atoms with Gasteiger partial charge in [0.1, 0.15) is 24.5 Å². The van der Waals surface area contributed by atoms with Crippen LogP contribution >= 0.6 is 39.1 Å². The maximum Gasteiger partial charge on any atom is 0.335 e. The molecule has 1 heterocycles. The Hall–Kier alpha value is -4.83. The van der Waals surface area contributed by atoms with E-state index in [2.05, 4.69) is 21.2 Å². The third-order valence-corrected chi connectivity index (χ3v) is 8.60. The Bertz CT molecular complexity index is 2060. The van der Waals surface area contributed by atoms with Crippen molar-refractivity contribution >= 4 is 79.5 Å². The first kappa shape index (κ1) is 32.1. The van der Waals surface area contributed by atoms with Crippen molar-refractivity contribution < 1.29 is 28.6 Å². The number of rotatable bonds is 9. The number of carbonyl (C=O) groups excluding carboxylic acids is 3. The van der Waals surface area contributed by atoms with Gasteiger partial charge in [0.05, 0.1) is 17.3 Å². The molecule has 0 aliphatic carbocycles. The largest absolute Gasteiger partial charge is 0.493 e. The van der Waals surface area contributed by atoms with Crippen molar-refractivity contribution in [3.8, 4) is 17.2 Å². The van der Waals surface area contributed by atoms with Crippen molar-refractivity contribution in [2.45, 2.75) is 13.2 Å². The van der Waals surface area contributed by atoms with Gasteiger partial charge in [-0.2, -0.15) is 0 Å². The Balaban J connectivity index is 1.20. The predicted molar refractivity (Wildman–Crippen MR) is 185 cm³/mol. The number of methoxy groups -OCH3 is 1. The fourth-order valence-electron chi connectivity index (χ4n) is 5.08. The molecule has 1 fully saturated rings. The summed E-state index contributed by atoms with van der Waals surface area (Å²) in [5, 5.41) is 5.42. The lowest BCUT2D eigenvalue weighted by Gasteiger charge is -2.26. The monoisotopic (exact) mass is 730 g/mol. The highest BCUT2D eigenvalue weighted by Gasteiger charge is 2.37. The van der Waals surface area contributed by atoms with E-state index in [0.29, 0.717) is 37.3 Å². The zero-order valence-electron chi connectivity index (χ0n) is 24.8. The molecular weight excluding hydrogens is 707 g/mol. The lowest BCUT2D eigenvalue weighted by atomic mass is 10.1. The van der Waals surface area contributed by atoms with Crippen LogP contribution in [0.15, 0.2) is 107 Å². The van der Waals surface area contributed by atoms with Crippen LogP contribution in [0.1, 0.15) is 16.7 Å². The Kier molecular flexibility index (Phi) is 9.49. The van der Waals surface area contributed by atoms with Crippen LogP contribution in [0, 0.1) is 0 Å². The van der Waals surface area contributed by atoms with Crippen molar-refractivity contribution in [1.29, 1.82) is 0 Å². The van der Waals surface area contributed by atoms with Gasteiger partial charge in [-0.05, 0) is 92.4 Å². The molecule has 1 aliphatic rings. The van der Waals surface area contributed by atoms with E-state index >= 15 is 0 Å². The summed E-state index contributed by atoms with van der Waals surface area (Å²) >= 11 is 15.7. The summed E-state index contributed by atoms with van der Waals surface area (Å²) in [5.74, 6) is -0.275. The number of benzene rings is 5. The molecule has 0 unspecified atom stereocenters. The number of hydrogen-bond donors (Lipinski definition) is 1. The Morgan fingerprint density at radius 3 is 2.34 bits per heavy atom. The van der Waals surface area contributed by atoms with E-state index in [4.69, 9.17) is 37.4 Å². The van der Waals surface area contributed by atoms with Gasteiger partial charge in [-0.3, -0.25) is 14.9 Å². The molecule has 5 aromatic rings. The quantitative estimate of drug-likeness (QED) is 0.120. The zero-order valence-corrected chi connectivity index (χ0v) is 27.9. The summed E-state index contributed by atoms with van der Waals surface area (Å²) in [6, 6.07) is 28.0. The number of amides is 4. The molecule has 6 rings (SSSR count). The molecular formula is C36H25BrCl2N2O6. The van der Waals surface area contributed by atoms with Crippen LogP contribution in [-0.4, -0.2) is 25.0 Å². The third-order valence-electron chi connectivity index (χ3n) is 7.42. The van der Waals surface area contributed by atoms with E-state index < -0.39 is 17.8 Å². The van der Waals surface area contributed by atoms with Gasteiger partial charge in [0.15, 0.2) is 11.5 Å². The van der Waals surface area contributed by atoms with E-state index in [0.717, 1.165) is 26.8 Å². The number of hydrogen-bond acceptors (Lipinski definition) is 6. The molecule has 1 saturated heterocycles. The lowest BCUT2D eigenvalue weighted by molar-refractivity contribution is -0.122. The maximum absolute atomic E-state index is 13.5. The van der Waals surface area contributed by atoms with Gasteiger partial charge in [-0.15, -0.1) is 0 Å². The molecule has 0 radical (unpaired) electrons. The zero-order chi connectivity index (χ0) is 33.1. The third kappa shape index (κ3) is 6.97. The van der Waals surface area contributed by atoms with Crippen molar-refractivity contribution in [3.63, 3.8) is 0 Å². The average molecular weight is 732 g/mol. The van der Waals surface area contributed by atoms with E-state index in [1.54, 1.807) is 54.6 Å². The summed E-state index contributed by atoms with van der Waals surface area (Å²) in [4.78, 5) is 40.1. The number of nitrogens with zero attached hydrogens (tertiary/aromatic N) is 1. The van der Waals surface area contributed by atoms with Crippen LogP contribution in [0.4, 0.5) is 10.5 Å². The van der Waals surface area contributed by atoms with E-state index in [1.165, 1.54) is 13.2 Å². The molecule has 0 saturated carbocycles. The molecule has 0 atom stereocenters. The number of nitrogens with one attached hydrogen (secondary N) is 1. The van der Waals surface area contributed by atoms with Crippen LogP contribution in [0.3, 0.4) is 0 Å². The second-order valence-corrected chi connectivity index (χ2v) is 12.1. The first-order valence-electron chi connectivity index (χ1n) is 14.3. The van der Waals surface area contributed by atoms with Crippen molar-refractivity contribution in [1.82, 2.24) is 5.32 Å². The topological polar surface area (TPSA) is 94.2 Å². The fraction of sp³-hybridized carbons (Fsp3) is 0.0833. The molecule has 1 N–H and O–H groups in total. The fourth-order valence-corrected chi connectivity index (χ4v) is 6.12. The van der Waals surface area contributed by atoms with E-state index in [-0.39, 0.29) is 24.5 Å². The van der Waals surface area contributed by atoms with Gasteiger partial charge in [0.25, 0.3) is 11.8 Å². The van der Waals surface area contributed by atoms with Gasteiger partial charge in [-0.1, -0.05) is 71.7 Å². The first-order valence-corrected chi connectivity index (χ1v) is 15.8. The van der Waals surface area contributed by atoms with Gasteiger partial charge >= 0.3 is 6.03 Å². The van der Waals surface area contributed by atoms with Crippen LogP contribution in [0.5, 0.6) is 17.2 Å². The number of imide groups is 2. The Morgan fingerprint density at radius 1 is 0.830 bits per heavy atom. The van der Waals surface area contributed by atoms with Crippen LogP contribution < -0.4 is 24.4 Å². The number of fused-ring (bicyclic) bond motifs is 1. The maximum atomic E-state index is 13.5. The molecule has 236 valence electrons. The molecule has 11 heteroatoms. The summed E-state index contributed by atoms with van der Waals surface area (Å²) in [6.45, 7) is 0.472. The number of anilines is 1. The second-order valence-electron chi connectivity index (χ2n) is 10.4. The molecule has 0 bridgehead atoms. The number of urea groups is 1. The average Bonchev–Trinajstić information content (AvgIpc) is 3.06. The number of halogens is 3. The molecule has 8 nitrogen and oxygen atoms in total. The first-order chi connectivity index (χ1) is 22.7. The molecule has 4 amide bonds. The van der Waals surface area contributed by atoms with Gasteiger partial charge in [-0.25, -0.2) is 9.69 Å². The summed E-state index contributed by atoms with van der Waals surface area (Å²) in [6.07, 6.45) is 1.40. The smallest absolute Gasteiger partial charge is 0.335 e. The lowest BCUT2D eigenvalue weighted by Crippen LogP contribution is -2.54. The number of carbonyl (C=O) groups is 3. The van der Waals surface area contributed by atoms with Gasteiger partial charge in [0, 0.05) is 15.6 Å². The number of ether oxygens (including phenoxy) is 3. The minimum atomic E-state index is -0.866. The highest BCUT2D eigenvalue weighted by molar-refractivity contribution is 9.10. The normalized spacial score (nSPS) is 14.0. The van der Waals surface area contributed by atoms with Crippen LogP contribution in [0.2, 0.25) is 10.0 Å². The molecule has 0 aromatic heterocycles. The molecule has 0 spiro atoms. The Morgan fingerprint density at radius 2 is 1.57 bits per heavy atom. The SMILES string of the molecule is COc1cc(/C=C2\C(=O)NC(=O)N(c3ccc(OCc4ccc(Cl)cc4Cl)cc3)C2=O)cc(Br)c1OCc1cccc2ccccc12. The second kappa shape index (κ2) is 13.9. The van der Waals surface area contributed by atoms with Gasteiger partial charge in [0.2, 0.25) is 0 Å².